The monoisotopic (exact) mass is 318 g/mol. The Morgan fingerprint density at radius 3 is 2.65 bits per heavy atom. The first kappa shape index (κ1) is 16.9. The molecule has 0 fully saturated rings. The number of hydrogen-bond donors (Lipinski definition) is 2. The Bertz CT molecular complexity index is 611. The Labute approximate surface area is 135 Å². The van der Waals surface area contributed by atoms with E-state index in [9.17, 15) is 4.79 Å². The highest BCUT2D eigenvalue weighted by Gasteiger charge is 2.05. The first-order valence-corrected chi connectivity index (χ1v) is 7.43. The molecule has 2 rings (SSSR count). The predicted octanol–water partition coefficient (Wildman–Crippen LogP) is 2.09. The van der Waals surface area contributed by atoms with Crippen molar-refractivity contribution in [2.45, 2.75) is 19.5 Å². The van der Waals surface area contributed by atoms with Crippen molar-refractivity contribution in [1.29, 1.82) is 0 Å². The molecule has 0 saturated carbocycles. The zero-order valence-corrected chi connectivity index (χ0v) is 13.4. The molecular weight excluding hydrogens is 296 g/mol. The summed E-state index contributed by atoms with van der Waals surface area (Å²) >= 11 is 0. The number of nitrogens with one attached hydrogen (secondary N) is 2. The molecule has 1 aromatic carbocycles. The molecule has 6 nitrogen and oxygen atoms in total. The van der Waals surface area contributed by atoms with Crippen LogP contribution in [0.2, 0.25) is 0 Å². The standard InChI is InChI=1S/C17H22N2O4/c1-21-15-6-5-13(10-16(15)22-2)11-18-8-7-17(20)19-12-14-4-3-9-23-14/h3-6,9-10,18H,7-8,11-12H2,1-2H3,(H,19,20). The smallest absolute Gasteiger partial charge is 0.221 e. The Kier molecular flexibility index (Phi) is 6.50. The van der Waals surface area contributed by atoms with E-state index in [0.717, 1.165) is 11.3 Å². The van der Waals surface area contributed by atoms with Gasteiger partial charge in [0.2, 0.25) is 5.91 Å². The van der Waals surface area contributed by atoms with Gasteiger partial charge in [0, 0.05) is 19.5 Å². The molecule has 0 atom stereocenters. The number of carbonyl (C=O) groups excluding carboxylic acids is 1. The maximum Gasteiger partial charge on any atom is 0.221 e. The van der Waals surface area contributed by atoms with Gasteiger partial charge in [0.05, 0.1) is 27.0 Å². The molecule has 0 aliphatic carbocycles. The minimum Gasteiger partial charge on any atom is -0.493 e. The lowest BCUT2D eigenvalue weighted by molar-refractivity contribution is -0.121. The van der Waals surface area contributed by atoms with E-state index in [1.54, 1.807) is 26.5 Å². The van der Waals surface area contributed by atoms with Gasteiger partial charge in [0.1, 0.15) is 5.76 Å². The van der Waals surface area contributed by atoms with Gasteiger partial charge in [-0.25, -0.2) is 0 Å². The molecule has 124 valence electrons. The van der Waals surface area contributed by atoms with Gasteiger partial charge >= 0.3 is 0 Å². The highest BCUT2D eigenvalue weighted by Crippen LogP contribution is 2.27. The van der Waals surface area contributed by atoms with Gasteiger partial charge in [-0.1, -0.05) is 6.07 Å². The molecule has 0 bridgehead atoms. The van der Waals surface area contributed by atoms with Gasteiger partial charge < -0.3 is 24.5 Å². The highest BCUT2D eigenvalue weighted by atomic mass is 16.5. The molecule has 0 radical (unpaired) electrons. The van der Waals surface area contributed by atoms with Gasteiger partial charge in [0.25, 0.3) is 0 Å². The molecule has 0 unspecified atom stereocenters. The summed E-state index contributed by atoms with van der Waals surface area (Å²) in [6, 6.07) is 9.38. The SMILES string of the molecule is COc1ccc(CNCCC(=O)NCc2ccco2)cc1OC. The van der Waals surface area contributed by atoms with E-state index in [4.69, 9.17) is 13.9 Å². The summed E-state index contributed by atoms with van der Waals surface area (Å²) in [6.45, 7) is 1.67. The van der Waals surface area contributed by atoms with Crippen molar-refractivity contribution < 1.29 is 18.7 Å². The normalized spacial score (nSPS) is 10.3. The second-order valence-corrected chi connectivity index (χ2v) is 4.97. The largest absolute Gasteiger partial charge is 0.493 e. The van der Waals surface area contributed by atoms with Crippen LogP contribution < -0.4 is 20.1 Å². The second kappa shape index (κ2) is 8.85. The maximum atomic E-state index is 11.7. The lowest BCUT2D eigenvalue weighted by atomic mass is 10.2. The fourth-order valence-corrected chi connectivity index (χ4v) is 2.11. The molecule has 23 heavy (non-hydrogen) atoms. The summed E-state index contributed by atoms with van der Waals surface area (Å²) < 4.78 is 15.6. The van der Waals surface area contributed by atoms with E-state index >= 15 is 0 Å². The number of furan rings is 1. The maximum absolute atomic E-state index is 11.7. The fraction of sp³-hybridized carbons (Fsp3) is 0.353. The van der Waals surface area contributed by atoms with Crippen LogP contribution in [0.5, 0.6) is 11.5 Å². The van der Waals surface area contributed by atoms with Crippen molar-refractivity contribution in [1.82, 2.24) is 10.6 Å². The fourth-order valence-electron chi connectivity index (χ4n) is 2.11. The summed E-state index contributed by atoms with van der Waals surface area (Å²) in [4.78, 5) is 11.7. The van der Waals surface area contributed by atoms with Crippen LogP contribution in [0.15, 0.2) is 41.0 Å². The number of methoxy groups -OCH3 is 2. The third-order valence-electron chi connectivity index (χ3n) is 3.35. The third-order valence-corrected chi connectivity index (χ3v) is 3.35. The van der Waals surface area contributed by atoms with Gasteiger partial charge in [-0.2, -0.15) is 0 Å². The molecule has 1 heterocycles. The van der Waals surface area contributed by atoms with Crippen LogP contribution in [-0.4, -0.2) is 26.7 Å². The summed E-state index contributed by atoms with van der Waals surface area (Å²) in [5, 5.41) is 6.04. The number of rotatable bonds is 9. The van der Waals surface area contributed by atoms with E-state index in [2.05, 4.69) is 10.6 Å². The minimum absolute atomic E-state index is 0.0128. The van der Waals surface area contributed by atoms with Crippen LogP contribution >= 0.6 is 0 Å². The van der Waals surface area contributed by atoms with Gasteiger partial charge in [-0.15, -0.1) is 0 Å². The van der Waals surface area contributed by atoms with Gasteiger partial charge in [-0.3, -0.25) is 4.79 Å². The van der Waals surface area contributed by atoms with Gasteiger partial charge in [0.15, 0.2) is 11.5 Å². The van der Waals surface area contributed by atoms with E-state index in [1.807, 2.05) is 24.3 Å². The Balaban J connectivity index is 1.67. The summed E-state index contributed by atoms with van der Waals surface area (Å²) in [5.74, 6) is 2.13. The lowest BCUT2D eigenvalue weighted by Crippen LogP contribution is -2.27. The van der Waals surface area contributed by atoms with E-state index < -0.39 is 0 Å². The molecule has 1 amide bonds. The molecule has 0 saturated heterocycles. The average molecular weight is 318 g/mol. The van der Waals surface area contributed by atoms with Crippen molar-refractivity contribution in [3.05, 3.63) is 47.9 Å². The molecule has 0 spiro atoms. The van der Waals surface area contributed by atoms with Crippen molar-refractivity contribution in [3.8, 4) is 11.5 Å². The molecule has 6 heteroatoms. The average Bonchev–Trinajstić information content (AvgIpc) is 3.10. The van der Waals surface area contributed by atoms with Crippen LogP contribution in [0.4, 0.5) is 0 Å². The molecule has 0 aliphatic rings. The van der Waals surface area contributed by atoms with Crippen LogP contribution in [-0.2, 0) is 17.9 Å². The zero-order valence-electron chi connectivity index (χ0n) is 13.4. The third kappa shape index (κ3) is 5.34. The van der Waals surface area contributed by atoms with Crippen LogP contribution in [0.25, 0.3) is 0 Å². The van der Waals surface area contributed by atoms with Gasteiger partial charge in [-0.05, 0) is 29.8 Å². The van der Waals surface area contributed by atoms with Crippen molar-refractivity contribution >= 4 is 5.91 Å². The van der Waals surface area contributed by atoms with Crippen molar-refractivity contribution in [2.75, 3.05) is 20.8 Å². The van der Waals surface area contributed by atoms with E-state index in [1.165, 1.54) is 0 Å². The molecule has 1 aromatic heterocycles. The first-order valence-electron chi connectivity index (χ1n) is 7.43. The number of amides is 1. The number of hydrogen-bond acceptors (Lipinski definition) is 5. The Morgan fingerprint density at radius 1 is 1.13 bits per heavy atom. The summed E-state index contributed by atoms with van der Waals surface area (Å²) in [6.07, 6.45) is 2.00. The molecule has 0 aliphatic heterocycles. The number of benzene rings is 1. The Morgan fingerprint density at radius 2 is 1.96 bits per heavy atom. The predicted molar refractivity (Wildman–Crippen MR) is 86.4 cm³/mol. The van der Waals surface area contributed by atoms with Crippen LogP contribution in [0, 0.1) is 0 Å². The highest BCUT2D eigenvalue weighted by molar-refractivity contribution is 5.75. The van der Waals surface area contributed by atoms with Crippen molar-refractivity contribution in [3.63, 3.8) is 0 Å². The summed E-state index contributed by atoms with van der Waals surface area (Å²) in [5.41, 5.74) is 1.07. The topological polar surface area (TPSA) is 72.7 Å². The summed E-state index contributed by atoms with van der Waals surface area (Å²) in [7, 11) is 3.22. The molecule has 2 aromatic rings. The minimum atomic E-state index is -0.0128. The first-order chi connectivity index (χ1) is 11.2. The van der Waals surface area contributed by atoms with Crippen LogP contribution in [0.1, 0.15) is 17.7 Å². The number of ether oxygens (including phenoxy) is 2. The van der Waals surface area contributed by atoms with E-state index in [-0.39, 0.29) is 5.91 Å². The molecular formula is C17H22N2O4. The second-order valence-electron chi connectivity index (χ2n) is 4.97. The van der Waals surface area contributed by atoms with Crippen molar-refractivity contribution in [2.24, 2.45) is 0 Å². The Hall–Kier alpha value is -2.47. The number of carbonyl (C=O) groups is 1. The zero-order chi connectivity index (χ0) is 16.5. The van der Waals surface area contributed by atoms with Crippen LogP contribution in [0.3, 0.4) is 0 Å². The quantitative estimate of drug-likeness (QED) is 0.693. The lowest BCUT2D eigenvalue weighted by Gasteiger charge is -2.10. The molecule has 2 N–H and O–H groups in total. The van der Waals surface area contributed by atoms with E-state index in [0.29, 0.717) is 37.6 Å².